The van der Waals surface area contributed by atoms with E-state index in [-0.39, 0.29) is 22.7 Å². The molecule has 0 saturated carbocycles. The molecule has 0 aromatic heterocycles. The normalized spacial score (nSPS) is 28.8. The van der Waals surface area contributed by atoms with Gasteiger partial charge in [0.05, 0.1) is 0 Å². The van der Waals surface area contributed by atoms with Gasteiger partial charge in [-0.2, -0.15) is 0 Å². The number of aliphatic carboxylic acids is 1. The van der Waals surface area contributed by atoms with Gasteiger partial charge >= 0.3 is 5.97 Å². The van der Waals surface area contributed by atoms with Crippen molar-refractivity contribution >= 4 is 5.97 Å². The molecular formula is C14H23NO3. The summed E-state index contributed by atoms with van der Waals surface area (Å²) in [6.07, 6.45) is 2.39. The molecule has 0 fully saturated rings. The first-order valence-electron chi connectivity index (χ1n) is 6.44. The molecule has 0 aromatic rings. The molecular weight excluding hydrogens is 230 g/mol. The van der Waals surface area contributed by atoms with Crippen molar-refractivity contribution in [1.82, 2.24) is 0 Å². The van der Waals surface area contributed by atoms with Gasteiger partial charge in [-0.1, -0.05) is 27.2 Å². The zero-order chi connectivity index (χ0) is 14.1. The van der Waals surface area contributed by atoms with Gasteiger partial charge in [-0.3, -0.25) is 0 Å². The number of hydrogen-bond acceptors (Lipinski definition) is 3. The zero-order valence-corrected chi connectivity index (χ0v) is 11.6. The third kappa shape index (κ3) is 2.00. The Morgan fingerprint density at radius 1 is 1.44 bits per heavy atom. The molecule has 2 atom stereocenters. The summed E-state index contributed by atoms with van der Waals surface area (Å²) in [5, 5.41) is 19.5. The van der Waals surface area contributed by atoms with Crippen molar-refractivity contribution < 1.29 is 15.0 Å². The fraction of sp³-hybridized carbons (Fsp3) is 0.643. The second-order valence-corrected chi connectivity index (χ2v) is 5.22. The zero-order valence-electron chi connectivity index (χ0n) is 11.6. The highest BCUT2D eigenvalue weighted by atomic mass is 16.4. The van der Waals surface area contributed by atoms with E-state index in [2.05, 4.69) is 0 Å². The van der Waals surface area contributed by atoms with Crippen LogP contribution in [0.25, 0.3) is 0 Å². The van der Waals surface area contributed by atoms with E-state index in [1.54, 1.807) is 6.92 Å². The number of aliphatic hydroxyl groups is 1. The van der Waals surface area contributed by atoms with Gasteiger partial charge in [0.1, 0.15) is 11.3 Å². The van der Waals surface area contributed by atoms with Gasteiger partial charge in [-0.25, -0.2) is 4.79 Å². The summed E-state index contributed by atoms with van der Waals surface area (Å²) in [5.41, 5.74) is 6.87. The van der Waals surface area contributed by atoms with Crippen LogP contribution < -0.4 is 5.73 Å². The van der Waals surface area contributed by atoms with Crippen molar-refractivity contribution in [3.8, 4) is 0 Å². The number of carboxylic acid groups (broad SMARTS) is 1. The smallest absolute Gasteiger partial charge is 0.339 e. The molecule has 18 heavy (non-hydrogen) atoms. The number of hydrogen-bond donors (Lipinski definition) is 3. The van der Waals surface area contributed by atoms with Crippen molar-refractivity contribution in [2.24, 2.45) is 17.1 Å². The van der Waals surface area contributed by atoms with Gasteiger partial charge in [0.15, 0.2) is 0 Å². The predicted octanol–water partition coefficient (Wildman–Crippen LogP) is 2.96. The molecule has 0 amide bonds. The second-order valence-electron chi connectivity index (χ2n) is 5.22. The quantitative estimate of drug-likeness (QED) is 0.719. The maximum absolute atomic E-state index is 11.3. The van der Waals surface area contributed by atoms with E-state index in [9.17, 15) is 15.0 Å². The molecule has 4 nitrogen and oxygen atoms in total. The summed E-state index contributed by atoms with van der Waals surface area (Å²) in [6.45, 7) is 7.71. The highest BCUT2D eigenvalue weighted by molar-refractivity contribution is 5.93. The van der Waals surface area contributed by atoms with Crippen LogP contribution in [0.2, 0.25) is 0 Å². The topological polar surface area (TPSA) is 83.5 Å². The number of carboxylic acids is 1. The van der Waals surface area contributed by atoms with Crippen LogP contribution in [0.1, 0.15) is 47.0 Å². The van der Waals surface area contributed by atoms with Crippen LogP contribution in [-0.4, -0.2) is 16.2 Å². The SMILES string of the molecule is CCCC1C(O)=C(C(=O)O)C(C)=C(N)C1(C)CC. The molecule has 0 aromatic carbocycles. The van der Waals surface area contributed by atoms with Crippen molar-refractivity contribution in [3.63, 3.8) is 0 Å². The molecule has 4 heteroatoms. The summed E-state index contributed by atoms with van der Waals surface area (Å²) >= 11 is 0. The van der Waals surface area contributed by atoms with E-state index in [0.29, 0.717) is 11.3 Å². The fourth-order valence-corrected chi connectivity index (χ4v) is 2.87. The Labute approximate surface area is 108 Å². The van der Waals surface area contributed by atoms with Gasteiger partial charge in [0.25, 0.3) is 0 Å². The average Bonchev–Trinajstić information content (AvgIpc) is 2.32. The Hall–Kier alpha value is -1.45. The molecule has 0 heterocycles. The van der Waals surface area contributed by atoms with Gasteiger partial charge < -0.3 is 15.9 Å². The summed E-state index contributed by atoms with van der Waals surface area (Å²) in [5.74, 6) is -1.32. The van der Waals surface area contributed by atoms with E-state index in [1.165, 1.54) is 0 Å². The maximum atomic E-state index is 11.3. The lowest BCUT2D eigenvalue weighted by atomic mass is 9.64. The summed E-state index contributed by atoms with van der Waals surface area (Å²) in [4.78, 5) is 11.3. The largest absolute Gasteiger partial charge is 0.511 e. The Bertz CT molecular complexity index is 423. The third-order valence-electron chi connectivity index (χ3n) is 4.28. The molecule has 1 aliphatic rings. The first-order chi connectivity index (χ1) is 8.31. The molecule has 2 unspecified atom stereocenters. The lowest BCUT2D eigenvalue weighted by molar-refractivity contribution is -0.132. The van der Waals surface area contributed by atoms with Gasteiger partial charge in [-0.05, 0) is 25.3 Å². The molecule has 102 valence electrons. The van der Waals surface area contributed by atoms with Crippen molar-refractivity contribution in [3.05, 3.63) is 22.6 Å². The Morgan fingerprint density at radius 3 is 2.39 bits per heavy atom. The van der Waals surface area contributed by atoms with E-state index in [1.807, 2.05) is 20.8 Å². The molecule has 1 aliphatic carbocycles. The van der Waals surface area contributed by atoms with Crippen molar-refractivity contribution in [1.29, 1.82) is 0 Å². The molecule has 4 N–H and O–H groups in total. The highest BCUT2D eigenvalue weighted by Gasteiger charge is 2.44. The van der Waals surface area contributed by atoms with Crippen LogP contribution in [0.15, 0.2) is 22.6 Å². The molecule has 0 bridgehead atoms. The number of rotatable bonds is 4. The van der Waals surface area contributed by atoms with Crippen molar-refractivity contribution in [2.75, 3.05) is 0 Å². The fourth-order valence-electron chi connectivity index (χ4n) is 2.87. The van der Waals surface area contributed by atoms with Crippen LogP contribution in [0, 0.1) is 11.3 Å². The van der Waals surface area contributed by atoms with Gasteiger partial charge in [-0.15, -0.1) is 0 Å². The minimum atomic E-state index is -1.10. The van der Waals surface area contributed by atoms with Crippen LogP contribution >= 0.6 is 0 Å². The number of carbonyl (C=O) groups is 1. The lowest BCUT2D eigenvalue weighted by Gasteiger charge is -2.42. The van der Waals surface area contributed by atoms with E-state index in [0.717, 1.165) is 19.3 Å². The second kappa shape index (κ2) is 5.04. The van der Waals surface area contributed by atoms with Crippen molar-refractivity contribution in [2.45, 2.75) is 47.0 Å². The molecule has 0 aliphatic heterocycles. The summed E-state index contributed by atoms with van der Waals surface area (Å²) < 4.78 is 0. The lowest BCUT2D eigenvalue weighted by Crippen LogP contribution is -2.39. The van der Waals surface area contributed by atoms with Crippen LogP contribution in [0.3, 0.4) is 0 Å². The van der Waals surface area contributed by atoms with Crippen LogP contribution in [0.5, 0.6) is 0 Å². The predicted molar refractivity (Wildman–Crippen MR) is 71.0 cm³/mol. The molecule has 0 saturated heterocycles. The molecule has 0 spiro atoms. The maximum Gasteiger partial charge on any atom is 0.339 e. The van der Waals surface area contributed by atoms with Gasteiger partial charge in [0.2, 0.25) is 0 Å². The Kier molecular flexibility index (Phi) is 4.09. The number of aliphatic hydroxyl groups excluding tert-OH is 1. The average molecular weight is 253 g/mol. The van der Waals surface area contributed by atoms with Crippen LogP contribution in [0.4, 0.5) is 0 Å². The van der Waals surface area contributed by atoms with Gasteiger partial charge in [0, 0.05) is 17.0 Å². The minimum Gasteiger partial charge on any atom is -0.511 e. The molecule has 0 radical (unpaired) electrons. The summed E-state index contributed by atoms with van der Waals surface area (Å²) in [7, 11) is 0. The Balaban J connectivity index is 3.45. The van der Waals surface area contributed by atoms with E-state index >= 15 is 0 Å². The van der Waals surface area contributed by atoms with Crippen LogP contribution in [-0.2, 0) is 4.79 Å². The first-order valence-corrected chi connectivity index (χ1v) is 6.44. The monoisotopic (exact) mass is 253 g/mol. The standard InChI is InChI=1S/C14H23NO3/c1-5-7-9-11(16)10(13(17)18)8(3)12(15)14(9,4)6-2/h9,16H,5-7,15H2,1-4H3,(H,17,18). The number of allylic oxidation sites excluding steroid dienone is 2. The van der Waals surface area contributed by atoms with E-state index < -0.39 is 5.97 Å². The summed E-state index contributed by atoms with van der Waals surface area (Å²) in [6, 6.07) is 0. The first kappa shape index (κ1) is 14.6. The molecule has 1 rings (SSSR count). The minimum absolute atomic E-state index is 0.0135. The Morgan fingerprint density at radius 2 is 2.00 bits per heavy atom. The highest BCUT2D eigenvalue weighted by Crippen LogP contribution is 2.48. The van der Waals surface area contributed by atoms with E-state index in [4.69, 9.17) is 5.73 Å². The third-order valence-corrected chi connectivity index (χ3v) is 4.28. The number of nitrogens with two attached hydrogens (primary N) is 1.